The molecule has 1 aromatic rings. The zero-order chi connectivity index (χ0) is 15.6. The van der Waals surface area contributed by atoms with E-state index in [1.165, 1.54) is 12.0 Å². The van der Waals surface area contributed by atoms with E-state index in [0.717, 1.165) is 5.75 Å². The lowest BCUT2D eigenvalue weighted by atomic mass is 9.72. The molecule has 0 aliphatic rings. The molecule has 0 aliphatic heterocycles. The third-order valence-corrected chi connectivity index (χ3v) is 3.46. The summed E-state index contributed by atoms with van der Waals surface area (Å²) in [4.78, 5) is 0. The molecule has 0 bridgehead atoms. The minimum Gasteiger partial charge on any atom is -0.488 e. The van der Waals surface area contributed by atoms with E-state index in [4.69, 9.17) is 4.74 Å². The SMILES string of the molecule is CC(C)CC(c1ccc(OC(C)(C)C)cc1)C(C)(C)C. The molecule has 114 valence electrons. The highest BCUT2D eigenvalue weighted by Gasteiger charge is 2.27. The monoisotopic (exact) mass is 276 g/mol. The highest BCUT2D eigenvalue weighted by Crippen LogP contribution is 2.40. The molecule has 0 aliphatic carbocycles. The van der Waals surface area contributed by atoms with Crippen LogP contribution in [0.2, 0.25) is 0 Å². The first-order valence-electron chi connectivity index (χ1n) is 7.78. The van der Waals surface area contributed by atoms with Crippen LogP contribution in [0.15, 0.2) is 24.3 Å². The quantitative estimate of drug-likeness (QED) is 0.651. The second-order valence-corrected chi connectivity index (χ2v) is 8.33. The molecule has 1 heteroatoms. The van der Waals surface area contributed by atoms with Crippen molar-refractivity contribution in [1.82, 2.24) is 0 Å². The summed E-state index contributed by atoms with van der Waals surface area (Å²) in [6.07, 6.45) is 1.23. The van der Waals surface area contributed by atoms with E-state index in [0.29, 0.717) is 11.8 Å². The van der Waals surface area contributed by atoms with Gasteiger partial charge >= 0.3 is 0 Å². The summed E-state index contributed by atoms with van der Waals surface area (Å²) in [5, 5.41) is 0. The Balaban J connectivity index is 2.94. The lowest BCUT2D eigenvalue weighted by molar-refractivity contribution is 0.131. The Morgan fingerprint density at radius 3 is 1.75 bits per heavy atom. The summed E-state index contributed by atoms with van der Waals surface area (Å²) in [6, 6.07) is 8.69. The van der Waals surface area contributed by atoms with Crippen LogP contribution in [0.4, 0.5) is 0 Å². The number of hydrogen-bond donors (Lipinski definition) is 0. The maximum absolute atomic E-state index is 5.90. The van der Waals surface area contributed by atoms with Crippen LogP contribution < -0.4 is 4.74 Å². The summed E-state index contributed by atoms with van der Waals surface area (Å²) >= 11 is 0. The number of rotatable bonds is 4. The van der Waals surface area contributed by atoms with Crippen LogP contribution in [0.5, 0.6) is 5.75 Å². The van der Waals surface area contributed by atoms with Crippen molar-refractivity contribution in [3.05, 3.63) is 29.8 Å². The maximum Gasteiger partial charge on any atom is 0.120 e. The Morgan fingerprint density at radius 2 is 1.40 bits per heavy atom. The van der Waals surface area contributed by atoms with Crippen LogP contribution >= 0.6 is 0 Å². The fraction of sp³-hybridized carbons (Fsp3) is 0.684. The van der Waals surface area contributed by atoms with Crippen molar-refractivity contribution >= 4 is 0 Å². The van der Waals surface area contributed by atoms with Crippen LogP contribution in [0, 0.1) is 11.3 Å². The molecule has 1 nitrogen and oxygen atoms in total. The number of benzene rings is 1. The smallest absolute Gasteiger partial charge is 0.120 e. The molecule has 0 amide bonds. The van der Waals surface area contributed by atoms with Gasteiger partial charge in [0.25, 0.3) is 0 Å². The molecule has 1 unspecified atom stereocenters. The van der Waals surface area contributed by atoms with Gasteiger partial charge in [-0.05, 0) is 62.1 Å². The predicted octanol–water partition coefficient (Wildman–Crippen LogP) is 6.04. The summed E-state index contributed by atoms with van der Waals surface area (Å²) in [5.74, 6) is 2.26. The molecule has 0 heterocycles. The zero-order valence-electron chi connectivity index (χ0n) is 14.6. The van der Waals surface area contributed by atoms with Crippen LogP contribution in [0.25, 0.3) is 0 Å². The van der Waals surface area contributed by atoms with Crippen molar-refractivity contribution in [3.63, 3.8) is 0 Å². The molecule has 0 N–H and O–H groups in total. The molecule has 0 fully saturated rings. The highest BCUT2D eigenvalue weighted by atomic mass is 16.5. The molecule has 1 atom stereocenters. The lowest BCUT2D eigenvalue weighted by Crippen LogP contribution is -2.23. The van der Waals surface area contributed by atoms with Crippen LogP contribution in [0.1, 0.15) is 73.3 Å². The Labute approximate surface area is 125 Å². The van der Waals surface area contributed by atoms with Gasteiger partial charge in [0.2, 0.25) is 0 Å². The largest absolute Gasteiger partial charge is 0.488 e. The van der Waals surface area contributed by atoms with Gasteiger partial charge in [-0.3, -0.25) is 0 Å². The van der Waals surface area contributed by atoms with Crippen molar-refractivity contribution in [2.24, 2.45) is 11.3 Å². The van der Waals surface area contributed by atoms with E-state index in [-0.39, 0.29) is 11.0 Å². The summed E-state index contributed by atoms with van der Waals surface area (Å²) in [6.45, 7) is 17.8. The van der Waals surface area contributed by atoms with Gasteiger partial charge in [-0.25, -0.2) is 0 Å². The van der Waals surface area contributed by atoms with Crippen LogP contribution in [-0.2, 0) is 0 Å². The second kappa shape index (κ2) is 6.20. The molecule has 1 rings (SSSR count). The topological polar surface area (TPSA) is 9.23 Å². The van der Waals surface area contributed by atoms with Gasteiger partial charge in [-0.2, -0.15) is 0 Å². The molecular formula is C19H32O. The first kappa shape index (κ1) is 17.1. The van der Waals surface area contributed by atoms with E-state index in [9.17, 15) is 0 Å². The Kier molecular flexibility index (Phi) is 5.29. The average molecular weight is 276 g/mol. The zero-order valence-corrected chi connectivity index (χ0v) is 14.6. The van der Waals surface area contributed by atoms with E-state index in [1.54, 1.807) is 0 Å². The van der Waals surface area contributed by atoms with Gasteiger partial charge in [-0.1, -0.05) is 46.8 Å². The third-order valence-electron chi connectivity index (χ3n) is 3.46. The molecule has 0 radical (unpaired) electrons. The Morgan fingerprint density at radius 1 is 0.900 bits per heavy atom. The number of ether oxygens (including phenoxy) is 1. The Bertz CT molecular complexity index is 401. The van der Waals surface area contributed by atoms with E-state index in [1.807, 2.05) is 0 Å². The van der Waals surface area contributed by atoms with Gasteiger partial charge < -0.3 is 4.74 Å². The molecule has 0 saturated heterocycles. The van der Waals surface area contributed by atoms with E-state index < -0.39 is 0 Å². The predicted molar refractivity (Wildman–Crippen MR) is 88.5 cm³/mol. The summed E-state index contributed by atoms with van der Waals surface area (Å²) < 4.78 is 5.90. The fourth-order valence-corrected chi connectivity index (χ4v) is 2.58. The normalized spacial score (nSPS) is 14.4. The maximum atomic E-state index is 5.90. The Hall–Kier alpha value is -0.980. The molecule has 0 aromatic heterocycles. The van der Waals surface area contributed by atoms with E-state index >= 15 is 0 Å². The molecule has 20 heavy (non-hydrogen) atoms. The van der Waals surface area contributed by atoms with Gasteiger partial charge in [-0.15, -0.1) is 0 Å². The van der Waals surface area contributed by atoms with E-state index in [2.05, 4.69) is 79.7 Å². The molecule has 0 saturated carbocycles. The van der Waals surface area contributed by atoms with Gasteiger partial charge in [0.15, 0.2) is 0 Å². The fourth-order valence-electron chi connectivity index (χ4n) is 2.58. The first-order valence-corrected chi connectivity index (χ1v) is 7.78. The van der Waals surface area contributed by atoms with Gasteiger partial charge in [0.1, 0.15) is 11.4 Å². The number of hydrogen-bond acceptors (Lipinski definition) is 1. The minimum absolute atomic E-state index is 0.136. The van der Waals surface area contributed by atoms with Crippen molar-refractivity contribution < 1.29 is 4.74 Å². The van der Waals surface area contributed by atoms with Crippen molar-refractivity contribution in [3.8, 4) is 5.75 Å². The second-order valence-electron chi connectivity index (χ2n) is 8.33. The van der Waals surface area contributed by atoms with Gasteiger partial charge in [0, 0.05) is 0 Å². The molecular weight excluding hydrogens is 244 g/mol. The van der Waals surface area contributed by atoms with Crippen LogP contribution in [0.3, 0.4) is 0 Å². The standard InChI is InChI=1S/C19H32O/c1-14(2)13-17(18(3,4)5)15-9-11-16(12-10-15)20-19(6,7)8/h9-12,14,17H,13H2,1-8H3. The summed E-state index contributed by atoms with van der Waals surface area (Å²) in [7, 11) is 0. The van der Waals surface area contributed by atoms with Crippen molar-refractivity contribution in [2.45, 2.75) is 73.3 Å². The van der Waals surface area contributed by atoms with Crippen molar-refractivity contribution in [2.75, 3.05) is 0 Å². The van der Waals surface area contributed by atoms with Crippen LogP contribution in [-0.4, -0.2) is 5.60 Å². The lowest BCUT2D eigenvalue weighted by Gasteiger charge is -2.33. The minimum atomic E-state index is -0.136. The third kappa shape index (κ3) is 5.56. The average Bonchev–Trinajstić information content (AvgIpc) is 2.23. The van der Waals surface area contributed by atoms with Crippen molar-refractivity contribution in [1.29, 1.82) is 0 Å². The molecule has 0 spiro atoms. The molecule has 1 aromatic carbocycles. The first-order chi connectivity index (χ1) is 8.99. The van der Waals surface area contributed by atoms with Gasteiger partial charge in [0.05, 0.1) is 0 Å². The highest BCUT2D eigenvalue weighted by molar-refractivity contribution is 5.30. The summed E-state index contributed by atoms with van der Waals surface area (Å²) in [5.41, 5.74) is 1.58.